The number of hydrogen-bond donors (Lipinski definition) is 0. The predicted octanol–water partition coefficient (Wildman–Crippen LogP) is 4.60. The monoisotopic (exact) mass is 286 g/mol. The second-order valence-electron chi connectivity index (χ2n) is 5.09. The summed E-state index contributed by atoms with van der Waals surface area (Å²) in [4.78, 5) is 11.8. The molecule has 1 rings (SSSR count). The molecule has 0 aliphatic rings. The molecule has 0 saturated heterocycles. The van der Waals surface area contributed by atoms with Crippen molar-refractivity contribution in [1.82, 2.24) is 0 Å². The zero-order valence-electron chi connectivity index (χ0n) is 9.81. The van der Waals surface area contributed by atoms with Crippen LogP contribution in [-0.2, 0) is 0 Å². The highest BCUT2D eigenvalue weighted by molar-refractivity contribution is 9.10. The Hall–Kier alpha value is -0.700. The van der Waals surface area contributed by atoms with Crippen LogP contribution in [0.5, 0.6) is 0 Å². The topological polar surface area (TPSA) is 17.1 Å². The number of carbonyl (C=O) groups excluding carboxylic acids is 1. The van der Waals surface area contributed by atoms with Gasteiger partial charge < -0.3 is 0 Å². The van der Waals surface area contributed by atoms with Crippen LogP contribution >= 0.6 is 15.9 Å². The molecular formula is C13H16BrFO. The quantitative estimate of drug-likeness (QED) is 0.743. The van der Waals surface area contributed by atoms with Gasteiger partial charge in [-0.1, -0.05) is 26.8 Å². The molecule has 1 nitrogen and oxygen atoms in total. The second kappa shape index (κ2) is 5.09. The summed E-state index contributed by atoms with van der Waals surface area (Å²) in [5, 5.41) is 0. The third kappa shape index (κ3) is 3.71. The largest absolute Gasteiger partial charge is 0.294 e. The van der Waals surface area contributed by atoms with Crippen molar-refractivity contribution in [3.63, 3.8) is 0 Å². The Bertz CT molecular complexity index is 393. The molecule has 0 aliphatic heterocycles. The number of benzene rings is 1. The van der Waals surface area contributed by atoms with E-state index in [-0.39, 0.29) is 16.8 Å². The molecule has 0 N–H and O–H groups in total. The molecular weight excluding hydrogens is 271 g/mol. The first-order valence-electron chi connectivity index (χ1n) is 5.28. The fourth-order valence-corrected chi connectivity index (χ4v) is 1.71. The average Bonchev–Trinajstić information content (AvgIpc) is 2.17. The Morgan fingerprint density at radius 1 is 1.38 bits per heavy atom. The number of halogens is 2. The molecule has 0 fully saturated rings. The number of ketones is 1. The summed E-state index contributed by atoms with van der Waals surface area (Å²) in [6, 6.07) is 4.80. The summed E-state index contributed by atoms with van der Waals surface area (Å²) in [7, 11) is 0. The molecule has 0 bridgehead atoms. The molecule has 88 valence electrons. The van der Waals surface area contributed by atoms with E-state index in [0.717, 1.165) is 6.42 Å². The van der Waals surface area contributed by atoms with Crippen LogP contribution in [0.25, 0.3) is 0 Å². The van der Waals surface area contributed by atoms with Crippen molar-refractivity contribution in [2.45, 2.75) is 33.6 Å². The molecule has 0 atom stereocenters. The lowest BCUT2D eigenvalue weighted by Crippen LogP contribution is -2.10. The highest BCUT2D eigenvalue weighted by Gasteiger charge is 2.17. The van der Waals surface area contributed by atoms with E-state index in [1.54, 1.807) is 12.1 Å². The van der Waals surface area contributed by atoms with Crippen LogP contribution in [0.15, 0.2) is 22.7 Å². The Kier molecular flexibility index (Phi) is 4.25. The van der Waals surface area contributed by atoms with Crippen LogP contribution < -0.4 is 0 Å². The van der Waals surface area contributed by atoms with E-state index in [9.17, 15) is 9.18 Å². The Morgan fingerprint density at radius 2 is 2.00 bits per heavy atom. The smallest absolute Gasteiger partial charge is 0.165 e. The van der Waals surface area contributed by atoms with E-state index in [2.05, 4.69) is 36.7 Å². The number of hydrogen-bond acceptors (Lipinski definition) is 1. The summed E-state index contributed by atoms with van der Waals surface area (Å²) in [5.41, 5.74) is 0.275. The third-order valence-electron chi connectivity index (χ3n) is 2.35. The van der Waals surface area contributed by atoms with E-state index >= 15 is 0 Å². The summed E-state index contributed by atoms with van der Waals surface area (Å²) < 4.78 is 13.9. The van der Waals surface area contributed by atoms with Crippen molar-refractivity contribution < 1.29 is 9.18 Å². The SMILES string of the molecule is CC(C)(C)CCC(=O)c1cccc(Br)c1F. The van der Waals surface area contributed by atoms with Crippen molar-refractivity contribution in [3.05, 3.63) is 34.1 Å². The molecule has 1 aromatic rings. The van der Waals surface area contributed by atoms with E-state index in [1.807, 2.05) is 0 Å². The van der Waals surface area contributed by atoms with Gasteiger partial charge in [0.15, 0.2) is 5.78 Å². The highest BCUT2D eigenvalue weighted by Crippen LogP contribution is 2.24. The van der Waals surface area contributed by atoms with Gasteiger partial charge in [-0.2, -0.15) is 0 Å². The molecule has 0 unspecified atom stereocenters. The first kappa shape index (κ1) is 13.4. The van der Waals surface area contributed by atoms with Gasteiger partial charge in [0, 0.05) is 6.42 Å². The number of rotatable bonds is 3. The van der Waals surface area contributed by atoms with Crippen molar-refractivity contribution in [1.29, 1.82) is 0 Å². The van der Waals surface area contributed by atoms with Gasteiger partial charge in [-0.25, -0.2) is 4.39 Å². The van der Waals surface area contributed by atoms with Gasteiger partial charge in [0.25, 0.3) is 0 Å². The molecule has 16 heavy (non-hydrogen) atoms. The normalized spacial score (nSPS) is 11.6. The molecule has 1 aromatic carbocycles. The summed E-state index contributed by atoms with van der Waals surface area (Å²) >= 11 is 3.08. The molecule has 3 heteroatoms. The van der Waals surface area contributed by atoms with Gasteiger partial charge in [0.05, 0.1) is 10.0 Å². The molecule has 0 saturated carbocycles. The van der Waals surface area contributed by atoms with Gasteiger partial charge >= 0.3 is 0 Å². The Morgan fingerprint density at radius 3 is 2.56 bits per heavy atom. The van der Waals surface area contributed by atoms with Gasteiger partial charge in [-0.05, 0) is 39.9 Å². The fraction of sp³-hybridized carbons (Fsp3) is 0.462. The summed E-state index contributed by atoms with van der Waals surface area (Å²) in [6.07, 6.45) is 1.15. The van der Waals surface area contributed by atoms with Crippen LogP contribution in [-0.4, -0.2) is 5.78 Å². The highest BCUT2D eigenvalue weighted by atomic mass is 79.9. The summed E-state index contributed by atoms with van der Waals surface area (Å²) in [5.74, 6) is -0.588. The maximum absolute atomic E-state index is 13.6. The third-order valence-corrected chi connectivity index (χ3v) is 2.97. The van der Waals surface area contributed by atoms with Gasteiger partial charge in [-0.3, -0.25) is 4.79 Å². The Labute approximate surface area is 104 Å². The first-order valence-corrected chi connectivity index (χ1v) is 6.08. The van der Waals surface area contributed by atoms with Crippen LogP contribution in [0.3, 0.4) is 0 Å². The van der Waals surface area contributed by atoms with E-state index < -0.39 is 5.82 Å². The first-order chi connectivity index (χ1) is 7.31. The predicted molar refractivity (Wildman–Crippen MR) is 67.1 cm³/mol. The molecule has 0 spiro atoms. The van der Waals surface area contributed by atoms with E-state index in [1.165, 1.54) is 6.07 Å². The lowest BCUT2D eigenvalue weighted by molar-refractivity contribution is 0.0962. The van der Waals surface area contributed by atoms with Crippen molar-refractivity contribution in [2.24, 2.45) is 5.41 Å². The minimum Gasteiger partial charge on any atom is -0.294 e. The Balaban J connectivity index is 2.78. The van der Waals surface area contributed by atoms with Crippen LogP contribution in [0.4, 0.5) is 4.39 Å². The zero-order valence-corrected chi connectivity index (χ0v) is 11.4. The van der Waals surface area contributed by atoms with Crippen LogP contribution in [0, 0.1) is 11.2 Å². The van der Waals surface area contributed by atoms with Crippen molar-refractivity contribution in [2.75, 3.05) is 0 Å². The van der Waals surface area contributed by atoms with Crippen LogP contribution in [0.1, 0.15) is 44.0 Å². The maximum atomic E-state index is 13.6. The molecule has 0 aliphatic carbocycles. The number of Topliss-reactive ketones (excluding diaryl/α,β-unsaturated/α-hetero) is 1. The van der Waals surface area contributed by atoms with E-state index in [0.29, 0.717) is 10.9 Å². The van der Waals surface area contributed by atoms with Gasteiger partial charge in [0.1, 0.15) is 5.82 Å². The van der Waals surface area contributed by atoms with Crippen molar-refractivity contribution in [3.8, 4) is 0 Å². The molecule has 0 amide bonds. The van der Waals surface area contributed by atoms with E-state index in [4.69, 9.17) is 0 Å². The minimum atomic E-state index is -0.457. The zero-order chi connectivity index (χ0) is 12.3. The fourth-order valence-electron chi connectivity index (χ4n) is 1.34. The maximum Gasteiger partial charge on any atom is 0.165 e. The lowest BCUT2D eigenvalue weighted by atomic mass is 9.88. The second-order valence-corrected chi connectivity index (χ2v) is 5.94. The average molecular weight is 287 g/mol. The van der Waals surface area contributed by atoms with Crippen LogP contribution in [0.2, 0.25) is 0 Å². The molecule has 0 aromatic heterocycles. The van der Waals surface area contributed by atoms with Gasteiger partial charge in [0.2, 0.25) is 0 Å². The standard InChI is InChI=1S/C13H16BrFO/c1-13(2,3)8-7-11(16)9-5-4-6-10(14)12(9)15/h4-6H,7-8H2,1-3H3. The minimum absolute atomic E-state index is 0.0954. The van der Waals surface area contributed by atoms with Gasteiger partial charge in [-0.15, -0.1) is 0 Å². The number of carbonyl (C=O) groups is 1. The molecule has 0 radical (unpaired) electrons. The summed E-state index contributed by atoms with van der Waals surface area (Å²) in [6.45, 7) is 6.20. The molecule has 0 heterocycles. The van der Waals surface area contributed by atoms with Crippen molar-refractivity contribution >= 4 is 21.7 Å². The lowest BCUT2D eigenvalue weighted by Gasteiger charge is -2.17.